The van der Waals surface area contributed by atoms with Crippen molar-refractivity contribution >= 4 is 14.0 Å². The smallest absolute Gasteiger partial charge is 0.324 e. The molecule has 0 aliphatic heterocycles. The highest BCUT2D eigenvalue weighted by Crippen LogP contribution is 2.47. The highest BCUT2D eigenvalue weighted by atomic mass is 28.3. The van der Waals surface area contributed by atoms with Gasteiger partial charge in [0.2, 0.25) is 0 Å². The van der Waals surface area contributed by atoms with E-state index in [1.165, 1.54) is 7.11 Å². The zero-order valence-electron chi connectivity index (χ0n) is 13.8. The molecule has 0 heterocycles. The minimum atomic E-state index is -1.22. The molecule has 0 fully saturated rings. The van der Waals surface area contributed by atoms with Crippen LogP contribution < -0.4 is 0 Å². The van der Waals surface area contributed by atoms with E-state index >= 15 is 0 Å². The van der Waals surface area contributed by atoms with Crippen molar-refractivity contribution in [3.63, 3.8) is 0 Å². The number of hydrogen-bond acceptors (Lipinski definition) is 2. The number of hydrogen-bond donors (Lipinski definition) is 0. The summed E-state index contributed by atoms with van der Waals surface area (Å²) in [5.41, 5.74) is -0.983. The van der Waals surface area contributed by atoms with Gasteiger partial charge in [-0.15, -0.1) is 5.92 Å². The summed E-state index contributed by atoms with van der Waals surface area (Å²) in [6.07, 6.45) is 7.52. The van der Waals surface area contributed by atoms with Gasteiger partial charge in [-0.1, -0.05) is 44.6 Å². The first kappa shape index (κ1) is 17.0. The summed E-state index contributed by atoms with van der Waals surface area (Å²) in [5, 5.41) is 0. The Kier molecular flexibility index (Phi) is 5.26. The lowest BCUT2D eigenvalue weighted by Crippen LogP contribution is -2.43. The monoisotopic (exact) mass is 292 g/mol. The van der Waals surface area contributed by atoms with Gasteiger partial charge in [0.05, 0.1) is 15.2 Å². The number of carbonyl (C=O) groups is 1. The van der Waals surface area contributed by atoms with Crippen LogP contribution in [0.25, 0.3) is 0 Å². The van der Waals surface area contributed by atoms with Crippen LogP contribution >= 0.6 is 0 Å². The van der Waals surface area contributed by atoms with Gasteiger partial charge in [0.25, 0.3) is 0 Å². The lowest BCUT2D eigenvalue weighted by atomic mass is 9.61. The molecule has 1 aliphatic carbocycles. The molecule has 2 nitrogen and oxygen atoms in total. The van der Waals surface area contributed by atoms with Crippen molar-refractivity contribution < 1.29 is 9.53 Å². The average Bonchev–Trinajstić information content (AvgIpc) is 2.36. The van der Waals surface area contributed by atoms with E-state index in [0.29, 0.717) is 0 Å². The summed E-state index contributed by atoms with van der Waals surface area (Å²) in [6, 6.07) is 0.916. The van der Waals surface area contributed by atoms with Crippen LogP contribution in [-0.4, -0.2) is 21.2 Å². The van der Waals surface area contributed by atoms with E-state index in [0.717, 1.165) is 25.3 Å². The summed E-state index contributed by atoms with van der Waals surface area (Å²) >= 11 is 0. The van der Waals surface area contributed by atoms with Crippen LogP contribution in [0.2, 0.25) is 25.7 Å². The van der Waals surface area contributed by atoms with E-state index in [2.05, 4.69) is 50.6 Å². The summed E-state index contributed by atoms with van der Waals surface area (Å²) in [4.78, 5) is 12.3. The quantitative estimate of drug-likeness (QED) is 0.336. The molecule has 1 aliphatic rings. The number of carbonyl (C=O) groups excluding carboxylic acids is 1. The highest BCUT2D eigenvalue weighted by Gasteiger charge is 2.49. The number of ether oxygens (including phenoxy) is 1. The molecule has 3 heteroatoms. The van der Waals surface area contributed by atoms with Crippen LogP contribution in [0.15, 0.2) is 12.2 Å². The second kappa shape index (κ2) is 6.18. The molecule has 112 valence electrons. The molecule has 0 saturated carbocycles. The fraction of sp³-hybridized carbons (Fsp3) is 0.706. The predicted octanol–water partition coefficient (Wildman–Crippen LogP) is 4.25. The largest absolute Gasteiger partial charge is 0.468 e. The van der Waals surface area contributed by atoms with Gasteiger partial charge in [-0.2, -0.15) is 0 Å². The number of allylic oxidation sites excluding steroid dienone is 2. The number of methoxy groups -OCH3 is 1. The first-order valence-electron chi connectivity index (χ1n) is 7.41. The molecule has 1 rings (SSSR count). The lowest BCUT2D eigenvalue weighted by Gasteiger charge is -2.40. The van der Waals surface area contributed by atoms with Gasteiger partial charge >= 0.3 is 5.97 Å². The Morgan fingerprint density at radius 1 is 1.45 bits per heavy atom. The SMILES string of the molecule is COC(=O)[C@](C)(C#CC[Si](C)(C)C)[C@@]1(C)C=CCCC1. The van der Waals surface area contributed by atoms with Crippen molar-refractivity contribution in [1.82, 2.24) is 0 Å². The van der Waals surface area contributed by atoms with Crippen molar-refractivity contribution in [3.8, 4) is 11.8 Å². The Hall–Kier alpha value is -1.01. The highest BCUT2D eigenvalue weighted by molar-refractivity contribution is 6.76. The molecule has 0 amide bonds. The van der Waals surface area contributed by atoms with Gasteiger partial charge in [-0.3, -0.25) is 4.79 Å². The molecule has 0 saturated heterocycles. The van der Waals surface area contributed by atoms with Crippen molar-refractivity contribution in [1.29, 1.82) is 0 Å². The molecule has 20 heavy (non-hydrogen) atoms. The van der Waals surface area contributed by atoms with Crippen molar-refractivity contribution in [2.24, 2.45) is 10.8 Å². The van der Waals surface area contributed by atoms with Crippen molar-refractivity contribution in [2.75, 3.05) is 7.11 Å². The van der Waals surface area contributed by atoms with Gasteiger partial charge in [0, 0.05) is 11.5 Å². The van der Waals surface area contributed by atoms with E-state index in [4.69, 9.17) is 4.74 Å². The normalized spacial score (nSPS) is 25.3. The Morgan fingerprint density at radius 3 is 2.55 bits per heavy atom. The fourth-order valence-electron chi connectivity index (χ4n) is 2.55. The van der Waals surface area contributed by atoms with Crippen LogP contribution in [0.1, 0.15) is 33.1 Å². The molecule has 0 unspecified atom stereocenters. The molecule has 2 atom stereocenters. The zero-order valence-corrected chi connectivity index (χ0v) is 14.8. The second-order valence-corrected chi connectivity index (χ2v) is 12.8. The fourth-order valence-corrected chi connectivity index (χ4v) is 3.17. The Labute approximate surface area is 125 Å². The van der Waals surface area contributed by atoms with Gasteiger partial charge < -0.3 is 4.74 Å². The first-order valence-corrected chi connectivity index (χ1v) is 11.1. The van der Waals surface area contributed by atoms with Gasteiger partial charge in [-0.25, -0.2) is 0 Å². The number of esters is 1. The predicted molar refractivity (Wildman–Crippen MR) is 87.2 cm³/mol. The average molecular weight is 292 g/mol. The van der Waals surface area contributed by atoms with Crippen LogP contribution in [-0.2, 0) is 9.53 Å². The molecule has 0 aromatic carbocycles. The summed E-state index contributed by atoms with van der Waals surface area (Å²) in [7, 11) is 0.236. The van der Waals surface area contributed by atoms with Crippen molar-refractivity contribution in [3.05, 3.63) is 12.2 Å². The maximum absolute atomic E-state index is 12.3. The van der Waals surface area contributed by atoms with Crippen LogP contribution in [0, 0.1) is 22.7 Å². The Morgan fingerprint density at radius 2 is 2.10 bits per heavy atom. The van der Waals surface area contributed by atoms with E-state index in [9.17, 15) is 4.79 Å². The van der Waals surface area contributed by atoms with E-state index < -0.39 is 13.5 Å². The molecule has 0 aromatic heterocycles. The van der Waals surface area contributed by atoms with E-state index in [-0.39, 0.29) is 11.4 Å². The molecule has 0 spiro atoms. The third-order valence-electron chi connectivity index (χ3n) is 4.25. The Balaban J connectivity index is 3.13. The molecule has 0 aromatic rings. The van der Waals surface area contributed by atoms with Crippen LogP contribution in [0.4, 0.5) is 0 Å². The van der Waals surface area contributed by atoms with Gasteiger partial charge in [-0.05, 0) is 26.2 Å². The molecular weight excluding hydrogens is 264 g/mol. The maximum Gasteiger partial charge on any atom is 0.324 e. The van der Waals surface area contributed by atoms with Gasteiger partial charge in [0.1, 0.15) is 5.41 Å². The molecule has 0 radical (unpaired) electrons. The van der Waals surface area contributed by atoms with E-state index in [1.54, 1.807) is 0 Å². The topological polar surface area (TPSA) is 26.3 Å². The van der Waals surface area contributed by atoms with Crippen LogP contribution in [0.5, 0.6) is 0 Å². The minimum absolute atomic E-state index is 0.213. The summed E-state index contributed by atoms with van der Waals surface area (Å²) in [5.74, 6) is 6.34. The Bertz CT molecular complexity index is 450. The molecule has 0 bridgehead atoms. The zero-order chi connectivity index (χ0) is 15.4. The summed E-state index contributed by atoms with van der Waals surface area (Å²) < 4.78 is 5.05. The molecule has 0 N–H and O–H groups in total. The van der Waals surface area contributed by atoms with E-state index in [1.807, 2.05) is 6.92 Å². The standard InChI is InChI=1S/C17H28O2Si/c1-16(11-8-7-9-12-16)17(2,15(18)19-3)13-10-14-20(4,5)6/h8,11H,7,9,12,14H2,1-6H3/t16-,17-/m0/s1. The number of rotatable bonds is 3. The summed E-state index contributed by atoms with van der Waals surface area (Å²) in [6.45, 7) is 10.9. The van der Waals surface area contributed by atoms with Crippen molar-refractivity contribution in [2.45, 2.75) is 58.8 Å². The first-order chi connectivity index (χ1) is 9.15. The van der Waals surface area contributed by atoms with Gasteiger partial charge in [0.15, 0.2) is 0 Å². The third kappa shape index (κ3) is 3.76. The molecular formula is C17H28O2Si. The minimum Gasteiger partial charge on any atom is -0.468 e. The second-order valence-electron chi connectivity index (χ2n) is 7.37. The third-order valence-corrected chi connectivity index (χ3v) is 5.48. The maximum atomic E-state index is 12.3. The van der Waals surface area contributed by atoms with Crippen LogP contribution in [0.3, 0.4) is 0 Å². The lowest BCUT2D eigenvalue weighted by molar-refractivity contribution is -0.153.